The number of unbranched alkanes of at least 4 members (excludes halogenated alkanes) is 3. The van der Waals surface area contributed by atoms with Gasteiger partial charge >= 0.3 is 0 Å². The topological polar surface area (TPSA) is 29.1 Å². The lowest BCUT2D eigenvalue weighted by atomic mass is 10.2. The van der Waals surface area contributed by atoms with Crippen LogP contribution in [0.1, 0.15) is 43.0 Å². The second-order valence-corrected chi connectivity index (χ2v) is 5.07. The Bertz CT molecular complexity index is 338. The van der Waals surface area contributed by atoms with Crippen molar-refractivity contribution in [3.8, 4) is 0 Å². The average molecular weight is 331 g/mol. The second-order valence-electron chi connectivity index (χ2n) is 3.83. The van der Waals surface area contributed by atoms with Crippen molar-refractivity contribution in [2.45, 2.75) is 32.6 Å². The van der Waals surface area contributed by atoms with Crippen LogP contribution in [0.4, 0.5) is 0 Å². The van der Waals surface area contributed by atoms with Crippen molar-refractivity contribution in [1.82, 2.24) is 5.32 Å². The third-order valence-electron chi connectivity index (χ3n) is 2.40. The maximum absolute atomic E-state index is 11.7. The predicted molar refractivity (Wildman–Crippen MR) is 75.6 cm³/mol. The SMILES string of the molecule is CCCCCCNC(=O)c1cccc(I)c1. The summed E-state index contributed by atoms with van der Waals surface area (Å²) in [4.78, 5) is 11.7. The molecule has 0 spiro atoms. The van der Waals surface area contributed by atoms with Crippen LogP contribution in [-0.2, 0) is 0 Å². The standard InChI is InChI=1S/C13H18INO/c1-2-3-4-5-9-15-13(16)11-7-6-8-12(14)10-11/h6-8,10H,2-5,9H2,1H3,(H,15,16). The van der Waals surface area contributed by atoms with Crippen LogP contribution in [0, 0.1) is 3.57 Å². The van der Waals surface area contributed by atoms with Gasteiger partial charge in [-0.3, -0.25) is 4.79 Å². The van der Waals surface area contributed by atoms with Gasteiger partial charge in [0.2, 0.25) is 0 Å². The lowest BCUT2D eigenvalue weighted by molar-refractivity contribution is 0.0953. The van der Waals surface area contributed by atoms with Gasteiger partial charge < -0.3 is 5.32 Å². The van der Waals surface area contributed by atoms with Gasteiger partial charge in [0.25, 0.3) is 5.91 Å². The van der Waals surface area contributed by atoms with Crippen molar-refractivity contribution in [3.05, 3.63) is 33.4 Å². The fourth-order valence-corrected chi connectivity index (χ4v) is 2.03. The van der Waals surface area contributed by atoms with Gasteiger partial charge in [-0.05, 0) is 47.2 Å². The lowest BCUT2D eigenvalue weighted by Gasteiger charge is -2.05. The van der Waals surface area contributed by atoms with E-state index in [4.69, 9.17) is 0 Å². The van der Waals surface area contributed by atoms with Crippen LogP contribution in [0.15, 0.2) is 24.3 Å². The van der Waals surface area contributed by atoms with E-state index in [9.17, 15) is 4.79 Å². The fourth-order valence-electron chi connectivity index (χ4n) is 1.49. The summed E-state index contributed by atoms with van der Waals surface area (Å²) in [7, 11) is 0. The number of hydrogen-bond acceptors (Lipinski definition) is 1. The molecule has 0 aliphatic heterocycles. The molecular formula is C13H18INO. The summed E-state index contributed by atoms with van der Waals surface area (Å²) >= 11 is 2.21. The molecule has 16 heavy (non-hydrogen) atoms. The Morgan fingerprint density at radius 2 is 2.12 bits per heavy atom. The summed E-state index contributed by atoms with van der Waals surface area (Å²) in [6.45, 7) is 2.97. The number of carbonyl (C=O) groups is 1. The van der Waals surface area contributed by atoms with Crippen molar-refractivity contribution in [2.24, 2.45) is 0 Å². The molecule has 3 heteroatoms. The molecule has 0 aliphatic rings. The quantitative estimate of drug-likeness (QED) is 0.626. The van der Waals surface area contributed by atoms with E-state index in [0.29, 0.717) is 0 Å². The number of amides is 1. The van der Waals surface area contributed by atoms with Gasteiger partial charge in [-0.2, -0.15) is 0 Å². The minimum absolute atomic E-state index is 0.0371. The maximum Gasteiger partial charge on any atom is 0.251 e. The van der Waals surface area contributed by atoms with E-state index in [-0.39, 0.29) is 5.91 Å². The molecule has 0 fully saturated rings. The number of carbonyl (C=O) groups excluding carboxylic acids is 1. The summed E-state index contributed by atoms with van der Waals surface area (Å²) in [5.41, 5.74) is 0.752. The minimum atomic E-state index is 0.0371. The number of hydrogen-bond donors (Lipinski definition) is 1. The van der Waals surface area contributed by atoms with Gasteiger partial charge in [-0.25, -0.2) is 0 Å². The van der Waals surface area contributed by atoms with E-state index in [1.165, 1.54) is 19.3 Å². The van der Waals surface area contributed by atoms with E-state index < -0.39 is 0 Å². The summed E-state index contributed by atoms with van der Waals surface area (Å²) in [5, 5.41) is 2.94. The number of halogens is 1. The van der Waals surface area contributed by atoms with E-state index in [2.05, 4.69) is 34.8 Å². The highest BCUT2D eigenvalue weighted by Crippen LogP contribution is 2.07. The first-order chi connectivity index (χ1) is 7.74. The molecule has 1 aromatic carbocycles. The predicted octanol–water partition coefficient (Wildman–Crippen LogP) is 3.60. The van der Waals surface area contributed by atoms with Gasteiger partial charge in [0.1, 0.15) is 0 Å². The first kappa shape index (κ1) is 13.5. The second kappa shape index (κ2) is 7.65. The van der Waals surface area contributed by atoms with Gasteiger partial charge in [-0.1, -0.05) is 32.3 Å². The molecule has 0 heterocycles. The Balaban J connectivity index is 2.30. The Morgan fingerprint density at radius 3 is 2.81 bits per heavy atom. The molecule has 1 amide bonds. The van der Waals surface area contributed by atoms with Gasteiger partial charge in [0.15, 0.2) is 0 Å². The third-order valence-corrected chi connectivity index (χ3v) is 3.07. The van der Waals surface area contributed by atoms with Crippen LogP contribution >= 0.6 is 22.6 Å². The van der Waals surface area contributed by atoms with Crippen LogP contribution in [0.3, 0.4) is 0 Å². The summed E-state index contributed by atoms with van der Waals surface area (Å²) in [6.07, 6.45) is 4.75. The first-order valence-corrected chi connectivity index (χ1v) is 6.85. The van der Waals surface area contributed by atoms with Gasteiger partial charge in [0, 0.05) is 15.7 Å². The first-order valence-electron chi connectivity index (χ1n) is 5.78. The van der Waals surface area contributed by atoms with Crippen molar-refractivity contribution >= 4 is 28.5 Å². The molecule has 0 radical (unpaired) electrons. The van der Waals surface area contributed by atoms with Crippen molar-refractivity contribution in [3.63, 3.8) is 0 Å². The fraction of sp³-hybridized carbons (Fsp3) is 0.462. The maximum atomic E-state index is 11.7. The number of nitrogens with one attached hydrogen (secondary N) is 1. The van der Waals surface area contributed by atoms with Crippen LogP contribution in [0.25, 0.3) is 0 Å². The van der Waals surface area contributed by atoms with E-state index in [1.54, 1.807) is 0 Å². The summed E-state index contributed by atoms with van der Waals surface area (Å²) < 4.78 is 1.09. The molecule has 0 saturated carbocycles. The zero-order valence-electron chi connectivity index (χ0n) is 9.63. The molecule has 1 N–H and O–H groups in total. The molecule has 0 unspecified atom stereocenters. The van der Waals surface area contributed by atoms with E-state index >= 15 is 0 Å². The average Bonchev–Trinajstić information content (AvgIpc) is 2.28. The third kappa shape index (κ3) is 4.96. The molecule has 1 aromatic rings. The monoisotopic (exact) mass is 331 g/mol. The highest BCUT2D eigenvalue weighted by atomic mass is 127. The van der Waals surface area contributed by atoms with Gasteiger partial charge in [0.05, 0.1) is 0 Å². The molecule has 0 aromatic heterocycles. The zero-order chi connectivity index (χ0) is 11.8. The highest BCUT2D eigenvalue weighted by Gasteiger charge is 2.03. The number of benzene rings is 1. The Kier molecular flexibility index (Phi) is 6.45. The van der Waals surface area contributed by atoms with Crippen LogP contribution in [0.5, 0.6) is 0 Å². The van der Waals surface area contributed by atoms with Crippen molar-refractivity contribution in [2.75, 3.05) is 6.54 Å². The normalized spacial score (nSPS) is 10.1. The minimum Gasteiger partial charge on any atom is -0.352 e. The summed E-state index contributed by atoms with van der Waals surface area (Å²) in [5.74, 6) is 0.0371. The summed E-state index contributed by atoms with van der Waals surface area (Å²) in [6, 6.07) is 7.65. The van der Waals surface area contributed by atoms with Crippen LogP contribution in [-0.4, -0.2) is 12.5 Å². The van der Waals surface area contributed by atoms with E-state index in [1.807, 2.05) is 24.3 Å². The van der Waals surface area contributed by atoms with Gasteiger partial charge in [-0.15, -0.1) is 0 Å². The number of rotatable bonds is 6. The van der Waals surface area contributed by atoms with Crippen molar-refractivity contribution in [1.29, 1.82) is 0 Å². The Hall–Kier alpha value is -0.580. The Morgan fingerprint density at radius 1 is 1.31 bits per heavy atom. The highest BCUT2D eigenvalue weighted by molar-refractivity contribution is 14.1. The molecular weight excluding hydrogens is 313 g/mol. The van der Waals surface area contributed by atoms with Crippen molar-refractivity contribution < 1.29 is 4.79 Å². The molecule has 0 atom stereocenters. The van der Waals surface area contributed by atoms with Crippen LogP contribution in [0.2, 0.25) is 0 Å². The van der Waals surface area contributed by atoms with E-state index in [0.717, 1.165) is 22.1 Å². The smallest absolute Gasteiger partial charge is 0.251 e. The molecule has 0 aliphatic carbocycles. The molecule has 88 valence electrons. The largest absolute Gasteiger partial charge is 0.352 e. The molecule has 1 rings (SSSR count). The lowest BCUT2D eigenvalue weighted by Crippen LogP contribution is -2.24. The molecule has 0 saturated heterocycles. The Labute approximate surface area is 111 Å². The molecule has 0 bridgehead atoms. The van der Waals surface area contributed by atoms with Crippen LogP contribution < -0.4 is 5.32 Å². The molecule has 2 nitrogen and oxygen atoms in total. The zero-order valence-corrected chi connectivity index (χ0v) is 11.8.